The Balaban J connectivity index is 1.28. The van der Waals surface area contributed by atoms with Crippen molar-refractivity contribution in [2.75, 3.05) is 17.3 Å². The second-order valence-electron chi connectivity index (χ2n) is 8.29. The Morgan fingerprint density at radius 1 is 1.17 bits per heavy atom. The summed E-state index contributed by atoms with van der Waals surface area (Å²) in [6.07, 6.45) is 0.771. The molecule has 3 heterocycles. The number of para-hydroxylation sites is 1. The fraction of sp³-hybridized carbons (Fsp3) is 0.240. The molecule has 9 nitrogen and oxygen atoms in total. The predicted octanol–water partition coefficient (Wildman–Crippen LogP) is 3.48. The monoisotopic (exact) mass is 489 g/mol. The molecule has 0 bridgehead atoms. The molecule has 1 aliphatic heterocycles. The Labute approximate surface area is 205 Å². The maximum absolute atomic E-state index is 13.2. The molecule has 35 heavy (non-hydrogen) atoms. The number of methoxy groups -OCH3 is 1. The molecule has 1 atom stereocenters. The van der Waals surface area contributed by atoms with Crippen LogP contribution in [0.5, 0.6) is 5.75 Å². The molecule has 2 aromatic carbocycles. The zero-order valence-electron chi connectivity index (χ0n) is 19.2. The normalized spacial score (nSPS) is 14.7. The Bertz CT molecular complexity index is 1490. The molecule has 0 radical (unpaired) electrons. The van der Waals surface area contributed by atoms with Crippen molar-refractivity contribution in [1.29, 1.82) is 0 Å². The van der Waals surface area contributed by atoms with Crippen molar-refractivity contribution < 1.29 is 14.3 Å². The quantitative estimate of drug-likeness (QED) is 0.444. The second-order valence-corrected chi connectivity index (χ2v) is 9.32. The summed E-state index contributed by atoms with van der Waals surface area (Å²) in [6, 6.07) is 16.0. The number of carbonyl (C=O) groups excluding carboxylic acids is 2. The summed E-state index contributed by atoms with van der Waals surface area (Å²) in [6.45, 7) is 2.02. The van der Waals surface area contributed by atoms with Gasteiger partial charge in [0.2, 0.25) is 5.91 Å². The van der Waals surface area contributed by atoms with Crippen molar-refractivity contribution in [3.05, 3.63) is 76.2 Å². The molecule has 0 unspecified atom stereocenters. The van der Waals surface area contributed by atoms with Crippen LogP contribution in [0.4, 0.5) is 10.8 Å². The van der Waals surface area contributed by atoms with E-state index in [1.54, 1.807) is 12.0 Å². The minimum atomic E-state index is -0.378. The topological polar surface area (TPSA) is 106 Å². The van der Waals surface area contributed by atoms with Gasteiger partial charge in [-0.05, 0) is 49.2 Å². The summed E-state index contributed by atoms with van der Waals surface area (Å²) in [7, 11) is 1.59. The van der Waals surface area contributed by atoms with Crippen molar-refractivity contribution >= 4 is 44.2 Å². The van der Waals surface area contributed by atoms with Crippen molar-refractivity contribution in [1.82, 2.24) is 14.8 Å². The smallest absolute Gasteiger partial charge is 0.278 e. The van der Waals surface area contributed by atoms with Crippen LogP contribution in [0.3, 0.4) is 0 Å². The van der Waals surface area contributed by atoms with Gasteiger partial charge < -0.3 is 15.0 Å². The lowest BCUT2D eigenvalue weighted by molar-refractivity contribution is -0.116. The molecule has 10 heteroatoms. The van der Waals surface area contributed by atoms with Crippen LogP contribution < -0.4 is 20.5 Å². The summed E-state index contributed by atoms with van der Waals surface area (Å²) < 4.78 is 7.26. The fourth-order valence-electron chi connectivity index (χ4n) is 4.20. The number of thiazole rings is 1. The average molecular weight is 490 g/mol. The molecule has 2 amide bonds. The molecule has 2 aromatic heterocycles. The lowest BCUT2D eigenvalue weighted by Gasteiger charge is -2.22. The Morgan fingerprint density at radius 3 is 2.83 bits per heavy atom. The molecule has 0 saturated heterocycles. The number of anilines is 2. The number of hydrogen-bond donors (Lipinski definition) is 1. The Kier molecular flexibility index (Phi) is 6.04. The maximum Gasteiger partial charge on any atom is 0.278 e. The minimum absolute atomic E-state index is 0.00669. The van der Waals surface area contributed by atoms with E-state index in [9.17, 15) is 14.4 Å². The van der Waals surface area contributed by atoms with Gasteiger partial charge in [-0.25, -0.2) is 9.67 Å². The van der Waals surface area contributed by atoms with Gasteiger partial charge in [-0.15, -0.1) is 0 Å². The molecule has 0 saturated carbocycles. The van der Waals surface area contributed by atoms with Gasteiger partial charge in [-0.2, -0.15) is 5.10 Å². The zero-order chi connectivity index (χ0) is 24.5. The van der Waals surface area contributed by atoms with Gasteiger partial charge in [0.05, 0.1) is 23.9 Å². The molecular formula is C25H23N5O4S. The number of nitrogens with one attached hydrogen (secondary N) is 1. The summed E-state index contributed by atoms with van der Waals surface area (Å²) in [5, 5.41) is 7.49. The van der Waals surface area contributed by atoms with Crippen molar-refractivity contribution in [2.45, 2.75) is 32.4 Å². The van der Waals surface area contributed by atoms with E-state index in [1.165, 1.54) is 23.5 Å². The zero-order valence-corrected chi connectivity index (χ0v) is 20.0. The number of benzene rings is 2. The van der Waals surface area contributed by atoms with E-state index in [0.29, 0.717) is 10.9 Å². The Hall–Kier alpha value is -4.05. The van der Waals surface area contributed by atoms with Crippen molar-refractivity contribution in [3.8, 4) is 5.75 Å². The highest BCUT2D eigenvalue weighted by molar-refractivity contribution is 7.22. The molecular weight excluding hydrogens is 466 g/mol. The van der Waals surface area contributed by atoms with Gasteiger partial charge in [-0.1, -0.05) is 29.5 Å². The lowest BCUT2D eigenvalue weighted by atomic mass is 10.1. The minimum Gasteiger partial charge on any atom is -0.497 e. The number of rotatable bonds is 6. The number of amides is 2. The maximum atomic E-state index is 13.2. The number of fused-ring (bicyclic) bond motifs is 2. The van der Waals surface area contributed by atoms with E-state index in [0.717, 1.165) is 32.6 Å². The molecule has 4 aromatic rings. The van der Waals surface area contributed by atoms with Crippen LogP contribution in [0.2, 0.25) is 0 Å². The first-order chi connectivity index (χ1) is 16.9. The lowest BCUT2D eigenvalue weighted by Crippen LogP contribution is -2.37. The molecule has 0 spiro atoms. The fourth-order valence-corrected chi connectivity index (χ4v) is 5.11. The summed E-state index contributed by atoms with van der Waals surface area (Å²) >= 11 is 1.34. The first kappa shape index (κ1) is 22.7. The van der Waals surface area contributed by atoms with Gasteiger partial charge in [0.1, 0.15) is 11.4 Å². The van der Waals surface area contributed by atoms with Crippen LogP contribution in [0, 0.1) is 0 Å². The summed E-state index contributed by atoms with van der Waals surface area (Å²) in [4.78, 5) is 44.2. The standard InChI is InChI=1S/C25H23N5O4S/c1-15-13-16-5-3-4-6-20(16)30(15)24(33)19-9-10-23(32)29(28-19)12-11-22(31)27-25-26-18-8-7-17(34-2)14-21(18)35-25/h3-10,14-15H,11-13H2,1-2H3,(H,26,27,31)/t15-/m1/s1. The highest BCUT2D eigenvalue weighted by Gasteiger charge is 2.32. The number of hydrogen-bond acceptors (Lipinski definition) is 7. The van der Waals surface area contributed by atoms with E-state index in [2.05, 4.69) is 15.4 Å². The SMILES string of the molecule is COc1ccc2nc(NC(=O)CCn3nc(C(=O)N4c5ccccc5C[C@H]4C)ccc3=O)sc2c1. The van der Waals surface area contributed by atoms with E-state index in [1.807, 2.05) is 49.4 Å². The third-order valence-corrected chi connectivity index (χ3v) is 6.84. The van der Waals surface area contributed by atoms with Crippen LogP contribution in [0.1, 0.15) is 29.4 Å². The first-order valence-electron chi connectivity index (χ1n) is 11.2. The average Bonchev–Trinajstić information content (AvgIpc) is 3.41. The number of aromatic nitrogens is 3. The summed E-state index contributed by atoms with van der Waals surface area (Å²) in [5.74, 6) is 0.139. The molecule has 0 fully saturated rings. The molecule has 1 N–H and O–H groups in total. The first-order valence-corrected chi connectivity index (χ1v) is 12.0. The molecule has 178 valence electrons. The number of carbonyl (C=O) groups is 2. The van der Waals surface area contributed by atoms with Gasteiger partial charge >= 0.3 is 0 Å². The third kappa shape index (κ3) is 4.52. The highest BCUT2D eigenvalue weighted by Crippen LogP contribution is 2.33. The predicted molar refractivity (Wildman–Crippen MR) is 134 cm³/mol. The number of ether oxygens (including phenoxy) is 1. The van der Waals surface area contributed by atoms with Crippen LogP contribution in [-0.2, 0) is 17.8 Å². The van der Waals surface area contributed by atoms with E-state index < -0.39 is 0 Å². The van der Waals surface area contributed by atoms with Crippen LogP contribution in [0.25, 0.3) is 10.2 Å². The summed E-state index contributed by atoms with van der Waals surface area (Å²) in [5.41, 5.74) is 2.50. The number of nitrogens with zero attached hydrogens (tertiary/aromatic N) is 4. The second kappa shape index (κ2) is 9.30. The highest BCUT2D eigenvalue weighted by atomic mass is 32.1. The number of aryl methyl sites for hydroxylation is 1. The van der Waals surface area contributed by atoms with Crippen LogP contribution in [0.15, 0.2) is 59.4 Å². The van der Waals surface area contributed by atoms with Crippen LogP contribution in [-0.4, -0.2) is 39.7 Å². The van der Waals surface area contributed by atoms with Gasteiger partial charge in [-0.3, -0.25) is 14.4 Å². The largest absolute Gasteiger partial charge is 0.497 e. The van der Waals surface area contributed by atoms with E-state index >= 15 is 0 Å². The van der Waals surface area contributed by atoms with Crippen molar-refractivity contribution in [3.63, 3.8) is 0 Å². The molecule has 5 rings (SSSR count). The molecule has 0 aliphatic carbocycles. The van der Waals surface area contributed by atoms with Gasteiger partial charge in [0.25, 0.3) is 11.5 Å². The van der Waals surface area contributed by atoms with Crippen LogP contribution >= 0.6 is 11.3 Å². The third-order valence-electron chi connectivity index (χ3n) is 5.90. The van der Waals surface area contributed by atoms with E-state index in [4.69, 9.17) is 4.74 Å². The van der Waals surface area contributed by atoms with Crippen molar-refractivity contribution in [2.24, 2.45) is 0 Å². The molecule has 1 aliphatic rings. The Morgan fingerprint density at radius 2 is 2.00 bits per heavy atom. The van der Waals surface area contributed by atoms with Gasteiger partial charge in [0.15, 0.2) is 5.13 Å². The van der Waals surface area contributed by atoms with E-state index in [-0.39, 0.29) is 42.1 Å². The van der Waals surface area contributed by atoms with Gasteiger partial charge in [0, 0.05) is 24.2 Å².